The molecule has 0 saturated heterocycles. The Morgan fingerprint density at radius 3 is 2.83 bits per heavy atom. The van der Waals surface area contributed by atoms with E-state index in [1.165, 1.54) is 0 Å². The van der Waals surface area contributed by atoms with Crippen molar-refractivity contribution < 1.29 is 9.53 Å². The highest BCUT2D eigenvalue weighted by Crippen LogP contribution is 2.25. The number of imidazole rings is 1. The first-order chi connectivity index (χ1) is 14.1. The maximum Gasteiger partial charge on any atom is 0.262 e. The van der Waals surface area contributed by atoms with E-state index >= 15 is 0 Å². The predicted octanol–water partition coefficient (Wildman–Crippen LogP) is 4.16. The summed E-state index contributed by atoms with van der Waals surface area (Å²) in [6.07, 6.45) is 4.65. The summed E-state index contributed by atoms with van der Waals surface area (Å²) in [6.45, 7) is 1.95. The number of amides is 1. The molecule has 29 heavy (non-hydrogen) atoms. The van der Waals surface area contributed by atoms with Crippen LogP contribution in [0.25, 0.3) is 16.9 Å². The minimum atomic E-state index is -0.212. The van der Waals surface area contributed by atoms with Crippen LogP contribution in [0, 0.1) is 0 Å². The first-order valence-electron chi connectivity index (χ1n) is 9.48. The second kappa shape index (κ2) is 8.06. The van der Waals surface area contributed by atoms with Gasteiger partial charge < -0.3 is 20.2 Å². The van der Waals surface area contributed by atoms with Gasteiger partial charge in [-0.25, -0.2) is 4.98 Å². The number of nitrogens with zero attached hydrogens (tertiary/aromatic N) is 2. The van der Waals surface area contributed by atoms with Crippen LogP contribution in [-0.4, -0.2) is 21.9 Å². The van der Waals surface area contributed by atoms with E-state index in [-0.39, 0.29) is 12.5 Å². The average Bonchev–Trinajstić information content (AvgIpc) is 3.18. The molecule has 0 aliphatic heterocycles. The topological polar surface area (TPSA) is 81.6 Å². The number of pyridine rings is 1. The van der Waals surface area contributed by atoms with Crippen molar-refractivity contribution in [1.29, 1.82) is 0 Å². The molecule has 4 rings (SSSR count). The van der Waals surface area contributed by atoms with Gasteiger partial charge in [-0.15, -0.1) is 0 Å². The zero-order chi connectivity index (χ0) is 20.2. The lowest BCUT2D eigenvalue weighted by Crippen LogP contribution is -2.21. The third-order valence-corrected chi connectivity index (χ3v) is 4.66. The lowest BCUT2D eigenvalue weighted by molar-refractivity contribution is -0.118. The highest BCUT2D eigenvalue weighted by Gasteiger charge is 2.12. The smallest absolute Gasteiger partial charge is 0.262 e. The van der Waals surface area contributed by atoms with Crippen LogP contribution in [0.3, 0.4) is 0 Å². The number of fused-ring (bicyclic) bond motifs is 1. The number of hydrogen-bond acceptors (Lipinski definition) is 4. The minimum Gasteiger partial charge on any atom is -0.480 e. The zero-order valence-electron chi connectivity index (χ0n) is 16.1. The molecular formula is C23H22N4O2. The van der Waals surface area contributed by atoms with Gasteiger partial charge in [0.05, 0.1) is 5.69 Å². The fourth-order valence-corrected chi connectivity index (χ4v) is 3.22. The van der Waals surface area contributed by atoms with E-state index in [0.717, 1.165) is 28.9 Å². The molecule has 0 bridgehead atoms. The minimum absolute atomic E-state index is 0.0990. The zero-order valence-corrected chi connectivity index (χ0v) is 16.1. The van der Waals surface area contributed by atoms with Crippen molar-refractivity contribution >= 4 is 22.9 Å². The first kappa shape index (κ1) is 18.6. The molecule has 0 radical (unpaired) electrons. The quantitative estimate of drug-likeness (QED) is 0.488. The molecule has 0 atom stereocenters. The number of nitrogens with one attached hydrogen (secondary N) is 1. The Kier molecular flexibility index (Phi) is 5.16. The van der Waals surface area contributed by atoms with E-state index in [9.17, 15) is 4.79 Å². The number of nitrogens with two attached hydrogens (primary N) is 1. The van der Waals surface area contributed by atoms with E-state index < -0.39 is 0 Å². The predicted molar refractivity (Wildman–Crippen MR) is 115 cm³/mol. The average molecular weight is 386 g/mol. The number of aryl methyl sites for hydroxylation is 1. The summed E-state index contributed by atoms with van der Waals surface area (Å²) in [5.41, 5.74) is 10.8. The van der Waals surface area contributed by atoms with Gasteiger partial charge in [-0.3, -0.25) is 4.79 Å². The summed E-state index contributed by atoms with van der Waals surface area (Å²) in [6, 6.07) is 19.0. The van der Waals surface area contributed by atoms with Gasteiger partial charge in [-0.1, -0.05) is 37.3 Å². The molecule has 0 aliphatic rings. The van der Waals surface area contributed by atoms with E-state index in [1.807, 2.05) is 71.4 Å². The van der Waals surface area contributed by atoms with Crippen LogP contribution in [0.1, 0.15) is 12.5 Å². The van der Waals surface area contributed by atoms with E-state index in [0.29, 0.717) is 17.1 Å². The van der Waals surface area contributed by atoms with Crippen molar-refractivity contribution in [3.05, 3.63) is 78.6 Å². The molecule has 2 heterocycles. The fourth-order valence-electron chi connectivity index (χ4n) is 3.22. The van der Waals surface area contributed by atoms with Gasteiger partial charge in [-0.2, -0.15) is 0 Å². The molecule has 0 aliphatic carbocycles. The number of hydrogen-bond donors (Lipinski definition) is 2. The number of benzene rings is 2. The van der Waals surface area contributed by atoms with Crippen LogP contribution in [0.5, 0.6) is 5.75 Å². The largest absolute Gasteiger partial charge is 0.480 e. The van der Waals surface area contributed by atoms with E-state index in [4.69, 9.17) is 10.5 Å². The number of anilines is 2. The molecule has 0 unspecified atom stereocenters. The first-order valence-corrected chi connectivity index (χ1v) is 9.48. The third kappa shape index (κ3) is 4.06. The van der Waals surface area contributed by atoms with Crippen LogP contribution in [0.2, 0.25) is 0 Å². The maximum absolute atomic E-state index is 12.4. The van der Waals surface area contributed by atoms with Crippen molar-refractivity contribution in [1.82, 2.24) is 9.38 Å². The number of ether oxygens (including phenoxy) is 1. The number of rotatable bonds is 6. The third-order valence-electron chi connectivity index (χ3n) is 4.66. The normalized spacial score (nSPS) is 10.8. The SMILES string of the molecule is CCc1ccccc1NC(=O)COc1cccn2cc(-c3cccc(N)c3)nc12. The number of nitrogen functional groups attached to an aromatic ring is 1. The summed E-state index contributed by atoms with van der Waals surface area (Å²) >= 11 is 0. The van der Waals surface area contributed by atoms with Gasteiger partial charge in [-0.05, 0) is 42.3 Å². The van der Waals surface area contributed by atoms with Crippen LogP contribution < -0.4 is 15.8 Å². The van der Waals surface area contributed by atoms with Gasteiger partial charge in [0.2, 0.25) is 0 Å². The Morgan fingerprint density at radius 2 is 2.00 bits per heavy atom. The summed E-state index contributed by atoms with van der Waals surface area (Å²) in [7, 11) is 0. The van der Waals surface area contributed by atoms with E-state index in [1.54, 1.807) is 6.07 Å². The monoisotopic (exact) mass is 386 g/mol. The molecule has 4 aromatic rings. The van der Waals surface area contributed by atoms with Gasteiger partial charge >= 0.3 is 0 Å². The van der Waals surface area contributed by atoms with Crippen molar-refractivity contribution in [2.45, 2.75) is 13.3 Å². The molecule has 6 heteroatoms. The molecule has 2 aromatic carbocycles. The van der Waals surface area contributed by atoms with E-state index in [2.05, 4.69) is 17.2 Å². The Labute approximate surface area is 169 Å². The highest BCUT2D eigenvalue weighted by molar-refractivity contribution is 5.92. The van der Waals surface area contributed by atoms with Crippen molar-refractivity contribution in [2.75, 3.05) is 17.7 Å². The Balaban J connectivity index is 1.51. The number of carbonyl (C=O) groups is 1. The van der Waals surface area contributed by atoms with Gasteiger partial charge in [0, 0.05) is 29.3 Å². The Morgan fingerprint density at radius 1 is 1.14 bits per heavy atom. The lowest BCUT2D eigenvalue weighted by Gasteiger charge is -2.11. The maximum atomic E-state index is 12.4. The molecule has 0 fully saturated rings. The summed E-state index contributed by atoms with van der Waals surface area (Å²) in [5.74, 6) is 0.331. The molecule has 1 amide bonds. The van der Waals surface area contributed by atoms with Gasteiger partial charge in [0.1, 0.15) is 0 Å². The fraction of sp³-hybridized carbons (Fsp3) is 0.130. The molecule has 0 spiro atoms. The van der Waals surface area contributed by atoms with Crippen molar-refractivity contribution in [3.63, 3.8) is 0 Å². The molecule has 3 N–H and O–H groups in total. The van der Waals surface area contributed by atoms with Crippen LogP contribution in [0.4, 0.5) is 11.4 Å². The molecular weight excluding hydrogens is 364 g/mol. The second-order valence-corrected chi connectivity index (χ2v) is 6.70. The Hall–Kier alpha value is -3.80. The van der Waals surface area contributed by atoms with Crippen LogP contribution >= 0.6 is 0 Å². The summed E-state index contributed by atoms with van der Waals surface area (Å²) in [4.78, 5) is 17.0. The second-order valence-electron chi connectivity index (χ2n) is 6.70. The highest BCUT2D eigenvalue weighted by atomic mass is 16.5. The summed E-state index contributed by atoms with van der Waals surface area (Å²) < 4.78 is 7.65. The van der Waals surface area contributed by atoms with Gasteiger partial charge in [0.15, 0.2) is 18.0 Å². The van der Waals surface area contributed by atoms with Crippen molar-refractivity contribution in [2.24, 2.45) is 0 Å². The standard InChI is InChI=1S/C23H22N4O2/c1-2-16-7-3-4-10-19(16)25-22(28)15-29-21-11-6-12-27-14-20(26-23(21)27)17-8-5-9-18(24)13-17/h3-14H,2,15,24H2,1H3,(H,25,28). The molecule has 6 nitrogen and oxygen atoms in total. The van der Waals surface area contributed by atoms with Crippen LogP contribution in [0.15, 0.2) is 73.1 Å². The lowest BCUT2D eigenvalue weighted by atomic mass is 10.1. The summed E-state index contributed by atoms with van der Waals surface area (Å²) in [5, 5.41) is 2.91. The van der Waals surface area contributed by atoms with Gasteiger partial charge in [0.25, 0.3) is 5.91 Å². The Bertz CT molecular complexity index is 1170. The number of para-hydroxylation sites is 1. The van der Waals surface area contributed by atoms with Crippen molar-refractivity contribution in [3.8, 4) is 17.0 Å². The molecule has 0 saturated carbocycles. The number of aromatic nitrogens is 2. The molecule has 2 aromatic heterocycles. The molecule has 146 valence electrons. The number of carbonyl (C=O) groups excluding carboxylic acids is 1. The van der Waals surface area contributed by atoms with Crippen LogP contribution in [-0.2, 0) is 11.2 Å².